The third kappa shape index (κ3) is 11.4. The van der Waals surface area contributed by atoms with E-state index in [1.807, 2.05) is 0 Å². The maximum atomic E-state index is 9.54. The van der Waals surface area contributed by atoms with Crippen LogP contribution in [-0.2, 0) is 0 Å². The van der Waals surface area contributed by atoms with Crippen LogP contribution in [0.15, 0.2) is 0 Å². The van der Waals surface area contributed by atoms with Gasteiger partial charge in [0, 0.05) is 0 Å². The molecule has 2 unspecified atom stereocenters. The van der Waals surface area contributed by atoms with Gasteiger partial charge in [0.15, 0.2) is 0 Å². The molecule has 72 valence electrons. The van der Waals surface area contributed by atoms with Crippen LogP contribution in [0.2, 0.25) is 0 Å². The first-order chi connectivity index (χ1) is 5.29. The standard InChI is InChI=1S/C3H7NO4.CH2O3/c1-2(5)3(6)4(7)8;2-1(3)4/h2-3,5-6H,1H3;(H2,2,3,4). The first-order valence-corrected chi connectivity index (χ1v) is 2.70. The number of hydrogen-bond acceptors (Lipinski definition) is 5. The quantitative estimate of drug-likeness (QED) is 0.249. The van der Waals surface area contributed by atoms with Crippen LogP contribution in [0.25, 0.3) is 0 Å². The predicted octanol–water partition coefficient (Wildman–Crippen LogP) is -0.815. The predicted molar refractivity (Wildman–Crippen MR) is 35.3 cm³/mol. The number of carbonyl (C=O) groups is 1. The SMILES string of the molecule is CC(O)C(O)[N+](=O)[O-].O=C(O)O. The molecule has 8 heteroatoms. The monoisotopic (exact) mass is 183 g/mol. The highest BCUT2D eigenvalue weighted by Gasteiger charge is 2.20. The van der Waals surface area contributed by atoms with Gasteiger partial charge < -0.3 is 20.4 Å². The van der Waals surface area contributed by atoms with Crippen molar-refractivity contribution in [1.29, 1.82) is 0 Å². The van der Waals surface area contributed by atoms with Crippen LogP contribution in [-0.4, -0.2) is 43.8 Å². The molecule has 0 aliphatic heterocycles. The van der Waals surface area contributed by atoms with Crippen molar-refractivity contribution in [2.24, 2.45) is 0 Å². The summed E-state index contributed by atoms with van der Waals surface area (Å²) < 4.78 is 0. The number of aliphatic hydroxyl groups is 2. The summed E-state index contributed by atoms with van der Waals surface area (Å²) in [6, 6.07) is 0. The van der Waals surface area contributed by atoms with E-state index in [1.54, 1.807) is 0 Å². The van der Waals surface area contributed by atoms with Crippen molar-refractivity contribution in [1.82, 2.24) is 0 Å². The van der Waals surface area contributed by atoms with Gasteiger partial charge in [-0.2, -0.15) is 0 Å². The van der Waals surface area contributed by atoms with Gasteiger partial charge in [-0.05, 0) is 6.92 Å². The minimum absolute atomic E-state index is 0.954. The van der Waals surface area contributed by atoms with Gasteiger partial charge in [-0.15, -0.1) is 0 Å². The Morgan fingerprint density at radius 1 is 1.42 bits per heavy atom. The second kappa shape index (κ2) is 6.31. The van der Waals surface area contributed by atoms with E-state index in [0.717, 1.165) is 6.92 Å². The largest absolute Gasteiger partial charge is 0.503 e. The van der Waals surface area contributed by atoms with Gasteiger partial charge in [0.1, 0.15) is 6.10 Å². The number of hydrogen-bond donors (Lipinski definition) is 4. The lowest BCUT2D eigenvalue weighted by atomic mass is 10.4. The summed E-state index contributed by atoms with van der Waals surface area (Å²) in [4.78, 5) is 17.1. The molecule has 0 aliphatic rings. The van der Waals surface area contributed by atoms with Gasteiger partial charge in [-0.25, -0.2) is 4.79 Å². The highest BCUT2D eigenvalue weighted by atomic mass is 16.7. The van der Waals surface area contributed by atoms with Crippen LogP contribution in [0, 0.1) is 10.1 Å². The third-order valence-electron chi connectivity index (χ3n) is 0.647. The lowest BCUT2D eigenvalue weighted by Crippen LogP contribution is -2.30. The molecule has 0 saturated carbocycles. The van der Waals surface area contributed by atoms with E-state index in [9.17, 15) is 10.1 Å². The van der Waals surface area contributed by atoms with Gasteiger partial charge in [0.2, 0.25) is 0 Å². The number of carboxylic acid groups (broad SMARTS) is 2. The van der Waals surface area contributed by atoms with Crippen molar-refractivity contribution in [2.75, 3.05) is 0 Å². The average molecular weight is 183 g/mol. The fourth-order valence-corrected chi connectivity index (χ4v) is 0.176. The van der Waals surface area contributed by atoms with Crippen LogP contribution >= 0.6 is 0 Å². The molecule has 0 bridgehead atoms. The second-order valence-electron chi connectivity index (χ2n) is 1.72. The van der Waals surface area contributed by atoms with E-state index in [4.69, 9.17) is 25.2 Å². The summed E-state index contributed by atoms with van der Waals surface area (Å²) in [6.07, 6.45) is -4.99. The Labute approximate surface area is 66.8 Å². The molecule has 0 spiro atoms. The molecule has 0 saturated heterocycles. The fraction of sp³-hybridized carbons (Fsp3) is 0.750. The van der Waals surface area contributed by atoms with E-state index in [1.165, 1.54) is 0 Å². The fourth-order valence-electron chi connectivity index (χ4n) is 0.176. The number of rotatable bonds is 2. The Hall–Kier alpha value is -1.41. The Balaban J connectivity index is 0. The summed E-state index contributed by atoms with van der Waals surface area (Å²) in [6.45, 7) is 1.15. The van der Waals surface area contributed by atoms with E-state index in [-0.39, 0.29) is 0 Å². The molecule has 0 radical (unpaired) electrons. The third-order valence-corrected chi connectivity index (χ3v) is 0.647. The van der Waals surface area contributed by atoms with Crippen LogP contribution in [0.5, 0.6) is 0 Å². The number of aliphatic hydroxyl groups excluding tert-OH is 2. The summed E-state index contributed by atoms with van der Waals surface area (Å²) in [5.41, 5.74) is 0. The first kappa shape index (κ1) is 13.2. The molecule has 0 rings (SSSR count). The average Bonchev–Trinajstić information content (AvgIpc) is 1.84. The molecule has 0 fully saturated rings. The van der Waals surface area contributed by atoms with E-state index in [2.05, 4.69) is 0 Å². The van der Waals surface area contributed by atoms with Gasteiger partial charge in [0.05, 0.1) is 4.92 Å². The highest BCUT2D eigenvalue weighted by Crippen LogP contribution is 1.90. The molecule has 0 aromatic rings. The van der Waals surface area contributed by atoms with Crippen molar-refractivity contribution in [3.8, 4) is 0 Å². The maximum absolute atomic E-state index is 9.54. The lowest BCUT2D eigenvalue weighted by Gasteiger charge is -2.02. The molecular formula is C4H9NO7. The summed E-state index contributed by atoms with van der Waals surface area (Å²) in [5, 5.41) is 40.0. The maximum Gasteiger partial charge on any atom is 0.503 e. The zero-order chi connectivity index (χ0) is 10.3. The van der Waals surface area contributed by atoms with Gasteiger partial charge in [-0.3, -0.25) is 10.1 Å². The molecule has 2 atom stereocenters. The Bertz CT molecular complexity index is 151. The zero-order valence-corrected chi connectivity index (χ0v) is 6.12. The number of nitrogens with zero attached hydrogens (tertiary/aromatic N) is 1. The van der Waals surface area contributed by atoms with Crippen LogP contribution in [0.4, 0.5) is 4.79 Å². The molecule has 0 amide bonds. The van der Waals surface area contributed by atoms with Crippen molar-refractivity contribution in [3.63, 3.8) is 0 Å². The van der Waals surface area contributed by atoms with Gasteiger partial charge in [0.25, 0.3) is 0 Å². The minimum Gasteiger partial charge on any atom is -0.450 e. The molecule has 8 nitrogen and oxygen atoms in total. The summed E-state index contributed by atoms with van der Waals surface area (Å²) in [5.74, 6) is 0. The summed E-state index contributed by atoms with van der Waals surface area (Å²) in [7, 11) is 0. The molecule has 0 aromatic heterocycles. The molecule has 4 N–H and O–H groups in total. The Kier molecular flexibility index (Phi) is 6.94. The van der Waals surface area contributed by atoms with Crippen molar-refractivity contribution < 1.29 is 30.1 Å². The van der Waals surface area contributed by atoms with Crippen molar-refractivity contribution >= 4 is 6.16 Å². The van der Waals surface area contributed by atoms with Crippen LogP contribution in [0.1, 0.15) is 6.92 Å². The van der Waals surface area contributed by atoms with Gasteiger partial charge >= 0.3 is 12.4 Å². The molecule has 0 aromatic carbocycles. The van der Waals surface area contributed by atoms with E-state index < -0.39 is 23.4 Å². The smallest absolute Gasteiger partial charge is 0.450 e. The van der Waals surface area contributed by atoms with Crippen LogP contribution in [0.3, 0.4) is 0 Å². The van der Waals surface area contributed by atoms with Crippen molar-refractivity contribution in [3.05, 3.63) is 10.1 Å². The van der Waals surface area contributed by atoms with E-state index in [0.29, 0.717) is 0 Å². The highest BCUT2D eigenvalue weighted by molar-refractivity contribution is 5.53. The Morgan fingerprint density at radius 3 is 1.67 bits per heavy atom. The van der Waals surface area contributed by atoms with E-state index >= 15 is 0 Å². The topological polar surface area (TPSA) is 141 Å². The molecule has 12 heavy (non-hydrogen) atoms. The van der Waals surface area contributed by atoms with Crippen LogP contribution < -0.4 is 0 Å². The lowest BCUT2D eigenvalue weighted by molar-refractivity contribution is -0.581. The molecule has 0 heterocycles. The van der Waals surface area contributed by atoms with Gasteiger partial charge in [-0.1, -0.05) is 0 Å². The Morgan fingerprint density at radius 2 is 1.67 bits per heavy atom. The molecular weight excluding hydrogens is 174 g/mol. The molecule has 0 aliphatic carbocycles. The summed E-state index contributed by atoms with van der Waals surface area (Å²) >= 11 is 0. The first-order valence-electron chi connectivity index (χ1n) is 2.70. The zero-order valence-electron chi connectivity index (χ0n) is 6.12. The normalized spacial score (nSPS) is 13.6. The second-order valence-corrected chi connectivity index (χ2v) is 1.72. The minimum atomic E-state index is -1.85. The number of nitro groups is 1. The van der Waals surface area contributed by atoms with Crippen molar-refractivity contribution in [2.45, 2.75) is 19.3 Å².